The first-order chi connectivity index (χ1) is 8.66. The number of imidazole rings is 1. The van der Waals surface area contributed by atoms with Crippen LogP contribution in [0.4, 0.5) is 5.82 Å². The molecule has 0 aliphatic carbocycles. The molecule has 2 heterocycles. The third-order valence-corrected chi connectivity index (χ3v) is 2.59. The van der Waals surface area contributed by atoms with E-state index >= 15 is 0 Å². The molecule has 0 saturated carbocycles. The van der Waals surface area contributed by atoms with Gasteiger partial charge in [0.05, 0.1) is 11.3 Å². The van der Waals surface area contributed by atoms with E-state index in [0.717, 1.165) is 0 Å². The molecule has 2 rings (SSSR count). The van der Waals surface area contributed by atoms with E-state index in [1.165, 1.54) is 6.07 Å². The van der Waals surface area contributed by atoms with Crippen LogP contribution in [0.15, 0.2) is 30.9 Å². The number of carbonyl (C=O) groups is 1. The number of halogens is 1. The Balaban J connectivity index is 1.97. The number of pyridine rings is 1. The smallest absolute Gasteiger partial charge is 0.356 e. The molecule has 0 saturated heterocycles. The van der Waals surface area contributed by atoms with E-state index in [0.29, 0.717) is 18.9 Å². The second-order valence-corrected chi connectivity index (χ2v) is 3.97. The predicted octanol–water partition coefficient (Wildman–Crippen LogP) is 1.74. The quantitative estimate of drug-likeness (QED) is 0.862. The third kappa shape index (κ3) is 2.98. The van der Waals surface area contributed by atoms with Crippen LogP contribution in [0, 0.1) is 0 Å². The highest BCUT2D eigenvalue weighted by Gasteiger charge is 2.10. The van der Waals surface area contributed by atoms with E-state index in [1.54, 1.807) is 18.6 Å². The van der Waals surface area contributed by atoms with Gasteiger partial charge in [-0.05, 0) is 12.1 Å². The van der Waals surface area contributed by atoms with Crippen molar-refractivity contribution in [1.82, 2.24) is 14.5 Å². The number of carboxylic acid groups (broad SMARTS) is 1. The Morgan fingerprint density at radius 3 is 3.00 bits per heavy atom. The average Bonchev–Trinajstić information content (AvgIpc) is 2.84. The van der Waals surface area contributed by atoms with Crippen molar-refractivity contribution in [2.75, 3.05) is 11.9 Å². The highest BCUT2D eigenvalue weighted by molar-refractivity contribution is 6.33. The first-order valence-corrected chi connectivity index (χ1v) is 5.64. The molecule has 0 aromatic carbocycles. The van der Waals surface area contributed by atoms with Crippen molar-refractivity contribution in [3.05, 3.63) is 41.6 Å². The number of aromatic nitrogens is 3. The van der Waals surface area contributed by atoms with Crippen molar-refractivity contribution in [3.8, 4) is 0 Å². The van der Waals surface area contributed by atoms with Crippen LogP contribution in [0.25, 0.3) is 0 Å². The Morgan fingerprint density at radius 2 is 2.33 bits per heavy atom. The molecule has 2 aromatic rings. The zero-order valence-electron chi connectivity index (χ0n) is 9.38. The summed E-state index contributed by atoms with van der Waals surface area (Å²) in [6, 6.07) is 3.15. The summed E-state index contributed by atoms with van der Waals surface area (Å²) < 4.78 is 1.90. The second-order valence-electron chi connectivity index (χ2n) is 3.56. The van der Waals surface area contributed by atoms with Gasteiger partial charge in [-0.1, -0.05) is 11.6 Å². The van der Waals surface area contributed by atoms with E-state index in [-0.39, 0.29) is 10.7 Å². The molecule has 18 heavy (non-hydrogen) atoms. The van der Waals surface area contributed by atoms with Gasteiger partial charge in [0.25, 0.3) is 0 Å². The first-order valence-electron chi connectivity index (χ1n) is 5.26. The van der Waals surface area contributed by atoms with Gasteiger partial charge in [0, 0.05) is 25.5 Å². The van der Waals surface area contributed by atoms with Gasteiger partial charge >= 0.3 is 5.97 Å². The Labute approximate surface area is 108 Å². The minimum absolute atomic E-state index is 0.127. The number of hydrogen-bond donors (Lipinski definition) is 2. The summed E-state index contributed by atoms with van der Waals surface area (Å²) in [5, 5.41) is 12.0. The molecular formula is C11H11ClN4O2. The highest BCUT2D eigenvalue weighted by Crippen LogP contribution is 2.16. The van der Waals surface area contributed by atoms with Gasteiger partial charge in [-0.15, -0.1) is 0 Å². The van der Waals surface area contributed by atoms with Gasteiger partial charge in [-0.2, -0.15) is 0 Å². The summed E-state index contributed by atoms with van der Waals surface area (Å²) in [7, 11) is 0. The molecule has 7 heteroatoms. The number of aromatic carboxylic acids is 1. The van der Waals surface area contributed by atoms with Crippen molar-refractivity contribution in [2.24, 2.45) is 0 Å². The Morgan fingerprint density at radius 1 is 1.50 bits per heavy atom. The fraction of sp³-hybridized carbons (Fsp3) is 0.182. The highest BCUT2D eigenvalue weighted by atomic mass is 35.5. The summed E-state index contributed by atoms with van der Waals surface area (Å²) in [5.41, 5.74) is -0.149. The van der Waals surface area contributed by atoms with Crippen LogP contribution in [-0.4, -0.2) is 32.2 Å². The number of rotatable bonds is 5. The monoisotopic (exact) mass is 266 g/mol. The molecule has 0 amide bonds. The molecule has 0 atom stereocenters. The van der Waals surface area contributed by atoms with Crippen LogP contribution < -0.4 is 5.32 Å². The molecule has 0 unspecified atom stereocenters. The fourth-order valence-electron chi connectivity index (χ4n) is 1.42. The van der Waals surface area contributed by atoms with Crippen LogP contribution in [0.2, 0.25) is 5.02 Å². The SMILES string of the molecule is O=C(O)c1nc(NCCn2ccnc2)ccc1Cl. The van der Waals surface area contributed by atoms with Crippen LogP contribution in [-0.2, 0) is 6.54 Å². The predicted molar refractivity (Wildman–Crippen MR) is 66.9 cm³/mol. The lowest BCUT2D eigenvalue weighted by Crippen LogP contribution is -2.11. The normalized spacial score (nSPS) is 10.3. The lowest BCUT2D eigenvalue weighted by atomic mass is 10.3. The largest absolute Gasteiger partial charge is 0.476 e. The van der Waals surface area contributed by atoms with Crippen LogP contribution in [0.3, 0.4) is 0 Å². The summed E-state index contributed by atoms with van der Waals surface area (Å²) >= 11 is 5.72. The van der Waals surface area contributed by atoms with E-state index in [1.807, 2.05) is 10.8 Å². The number of nitrogens with zero attached hydrogens (tertiary/aromatic N) is 3. The van der Waals surface area contributed by atoms with Crippen molar-refractivity contribution in [1.29, 1.82) is 0 Å². The van der Waals surface area contributed by atoms with Crippen LogP contribution >= 0.6 is 11.6 Å². The minimum Gasteiger partial charge on any atom is -0.476 e. The van der Waals surface area contributed by atoms with Crippen molar-refractivity contribution in [2.45, 2.75) is 6.54 Å². The molecule has 0 aliphatic rings. The van der Waals surface area contributed by atoms with Crippen molar-refractivity contribution < 1.29 is 9.90 Å². The molecule has 0 aliphatic heterocycles. The zero-order valence-corrected chi connectivity index (χ0v) is 10.1. The summed E-state index contributed by atoms with van der Waals surface area (Å²) in [6.07, 6.45) is 5.25. The molecule has 94 valence electrons. The average molecular weight is 267 g/mol. The maximum absolute atomic E-state index is 10.8. The molecule has 0 bridgehead atoms. The maximum atomic E-state index is 10.8. The van der Waals surface area contributed by atoms with Crippen molar-refractivity contribution in [3.63, 3.8) is 0 Å². The van der Waals surface area contributed by atoms with Gasteiger partial charge < -0.3 is 15.0 Å². The molecule has 2 N–H and O–H groups in total. The van der Waals surface area contributed by atoms with Crippen LogP contribution in [0.5, 0.6) is 0 Å². The topological polar surface area (TPSA) is 80.0 Å². The van der Waals surface area contributed by atoms with Crippen LogP contribution in [0.1, 0.15) is 10.5 Å². The minimum atomic E-state index is -1.14. The second kappa shape index (κ2) is 5.50. The summed E-state index contributed by atoms with van der Waals surface area (Å²) in [4.78, 5) is 18.7. The Bertz CT molecular complexity index is 542. The standard InChI is InChI=1S/C11H11ClN4O2/c12-8-1-2-9(15-10(8)11(17)18)14-4-6-16-5-3-13-7-16/h1-3,5,7H,4,6H2,(H,14,15)(H,17,18). The molecular weight excluding hydrogens is 256 g/mol. The van der Waals surface area contributed by atoms with Gasteiger partial charge in [-0.25, -0.2) is 14.8 Å². The Hall–Kier alpha value is -2.08. The zero-order chi connectivity index (χ0) is 13.0. The summed E-state index contributed by atoms with van der Waals surface area (Å²) in [5.74, 6) is -0.657. The number of nitrogens with one attached hydrogen (secondary N) is 1. The maximum Gasteiger partial charge on any atom is 0.356 e. The van der Waals surface area contributed by atoms with Gasteiger partial charge in [0.15, 0.2) is 5.69 Å². The molecule has 6 nitrogen and oxygen atoms in total. The first kappa shape index (κ1) is 12.4. The molecule has 0 radical (unpaired) electrons. The lowest BCUT2D eigenvalue weighted by Gasteiger charge is -2.07. The number of carboxylic acids is 1. The van der Waals surface area contributed by atoms with Gasteiger partial charge in [0.1, 0.15) is 5.82 Å². The summed E-state index contributed by atoms with van der Waals surface area (Å²) in [6.45, 7) is 1.33. The van der Waals surface area contributed by atoms with Gasteiger partial charge in [-0.3, -0.25) is 0 Å². The van der Waals surface area contributed by atoms with E-state index in [9.17, 15) is 4.79 Å². The Kier molecular flexibility index (Phi) is 3.78. The van der Waals surface area contributed by atoms with Gasteiger partial charge in [0.2, 0.25) is 0 Å². The number of anilines is 1. The van der Waals surface area contributed by atoms with Crippen molar-refractivity contribution >= 4 is 23.4 Å². The molecule has 0 fully saturated rings. The lowest BCUT2D eigenvalue weighted by molar-refractivity contribution is 0.0691. The fourth-order valence-corrected chi connectivity index (χ4v) is 1.61. The molecule has 2 aromatic heterocycles. The molecule has 0 spiro atoms. The number of hydrogen-bond acceptors (Lipinski definition) is 4. The van der Waals surface area contributed by atoms with E-state index in [4.69, 9.17) is 16.7 Å². The third-order valence-electron chi connectivity index (χ3n) is 2.28. The van der Waals surface area contributed by atoms with E-state index in [2.05, 4.69) is 15.3 Å². The van der Waals surface area contributed by atoms with E-state index < -0.39 is 5.97 Å².